The number of hydrogen-bond donors (Lipinski definition) is 2. The van der Waals surface area contributed by atoms with E-state index in [1.54, 1.807) is 12.1 Å². The minimum absolute atomic E-state index is 0.148. The Balaban J connectivity index is 1.67. The molecule has 4 rings (SSSR count). The van der Waals surface area contributed by atoms with E-state index in [1.807, 2.05) is 42.8 Å². The normalized spacial score (nSPS) is 18.2. The second-order valence-corrected chi connectivity index (χ2v) is 7.75. The summed E-state index contributed by atoms with van der Waals surface area (Å²) >= 11 is 1.35. The summed E-state index contributed by atoms with van der Waals surface area (Å²) in [5, 5.41) is 11.5. The van der Waals surface area contributed by atoms with Crippen LogP contribution >= 0.6 is 11.8 Å². The van der Waals surface area contributed by atoms with Crippen LogP contribution in [0, 0.1) is 12.7 Å². The average Bonchev–Trinajstić information content (AvgIpc) is 3.09. The van der Waals surface area contributed by atoms with E-state index in [0.717, 1.165) is 22.6 Å². The van der Waals surface area contributed by atoms with Crippen molar-refractivity contribution in [3.8, 4) is 0 Å². The zero-order valence-corrected chi connectivity index (χ0v) is 16.3. The number of carbonyl (C=O) groups excluding carboxylic acids is 1. The first-order valence-corrected chi connectivity index (χ1v) is 9.93. The number of fused-ring (bicyclic) bond motifs is 1. The third kappa shape index (κ3) is 3.60. The largest absolute Gasteiger partial charge is 0.325 e. The Morgan fingerprint density at radius 3 is 2.75 bits per heavy atom. The number of halogens is 1. The van der Waals surface area contributed by atoms with Crippen molar-refractivity contribution in [2.45, 2.75) is 36.7 Å². The molecule has 2 aromatic carbocycles. The molecule has 3 aromatic rings. The fraction of sp³-hybridized carbons (Fsp3) is 0.250. The summed E-state index contributed by atoms with van der Waals surface area (Å²) in [6, 6.07) is 13.5. The minimum atomic E-state index is -0.493. The monoisotopic (exact) mass is 397 g/mol. The van der Waals surface area contributed by atoms with E-state index in [9.17, 15) is 9.18 Å². The molecule has 0 aliphatic carbocycles. The number of carbonyl (C=O) groups is 1. The van der Waals surface area contributed by atoms with E-state index in [0.29, 0.717) is 11.6 Å². The summed E-state index contributed by atoms with van der Waals surface area (Å²) in [5.41, 5.74) is 5.97. The van der Waals surface area contributed by atoms with Crippen LogP contribution in [-0.2, 0) is 11.2 Å². The zero-order chi connectivity index (χ0) is 19.7. The number of amides is 1. The smallest absolute Gasteiger partial charge is 0.240 e. The van der Waals surface area contributed by atoms with Gasteiger partial charge in [-0.15, -0.1) is 10.2 Å². The number of thioether (sulfide) groups is 1. The first-order chi connectivity index (χ1) is 13.5. The first kappa shape index (κ1) is 18.5. The fourth-order valence-electron chi connectivity index (χ4n) is 3.18. The van der Waals surface area contributed by atoms with Crippen molar-refractivity contribution in [2.24, 2.45) is 0 Å². The molecule has 2 atom stereocenters. The van der Waals surface area contributed by atoms with Crippen molar-refractivity contribution in [1.82, 2.24) is 14.9 Å². The summed E-state index contributed by atoms with van der Waals surface area (Å²) in [6.07, 6.45) is 0.705. The SMILES string of the molecule is CCc1nnc2n1N[C@@H](c1ccc(F)cc1)[C@H](C(=O)Nc1cccc(C)c1)S2. The fourth-order valence-corrected chi connectivity index (χ4v) is 4.28. The van der Waals surface area contributed by atoms with Crippen LogP contribution < -0.4 is 10.7 Å². The van der Waals surface area contributed by atoms with Gasteiger partial charge in [0.2, 0.25) is 11.1 Å². The van der Waals surface area contributed by atoms with Gasteiger partial charge in [-0.2, -0.15) is 0 Å². The number of aromatic nitrogens is 3. The standard InChI is InChI=1S/C20H20FN5OS/c1-3-16-23-24-20-26(16)25-17(13-7-9-14(21)10-8-13)18(28-20)19(27)22-15-6-4-5-12(2)11-15/h4-11,17-18,25H,3H2,1-2H3,(H,22,27)/t17-,18+/m0/s1. The molecule has 1 amide bonds. The van der Waals surface area contributed by atoms with Crippen LogP contribution in [0.4, 0.5) is 10.1 Å². The van der Waals surface area contributed by atoms with E-state index in [4.69, 9.17) is 0 Å². The van der Waals surface area contributed by atoms with Gasteiger partial charge in [-0.05, 0) is 42.3 Å². The topological polar surface area (TPSA) is 71.8 Å². The summed E-state index contributed by atoms with van der Waals surface area (Å²) in [4.78, 5) is 13.1. The number of anilines is 1. The van der Waals surface area contributed by atoms with Crippen molar-refractivity contribution in [1.29, 1.82) is 0 Å². The van der Waals surface area contributed by atoms with Gasteiger partial charge in [0.1, 0.15) is 11.1 Å². The van der Waals surface area contributed by atoms with Gasteiger partial charge < -0.3 is 10.7 Å². The molecule has 1 aliphatic rings. The van der Waals surface area contributed by atoms with E-state index >= 15 is 0 Å². The molecular formula is C20H20FN5OS. The van der Waals surface area contributed by atoms with Crippen LogP contribution in [0.15, 0.2) is 53.7 Å². The van der Waals surface area contributed by atoms with Crippen LogP contribution in [0.2, 0.25) is 0 Å². The molecule has 2 heterocycles. The maximum atomic E-state index is 13.4. The van der Waals surface area contributed by atoms with E-state index in [1.165, 1.54) is 23.9 Å². The lowest BCUT2D eigenvalue weighted by molar-refractivity contribution is -0.116. The molecule has 0 saturated heterocycles. The molecule has 1 aromatic heterocycles. The van der Waals surface area contributed by atoms with Crippen molar-refractivity contribution in [3.05, 3.63) is 71.3 Å². The molecule has 144 valence electrons. The predicted molar refractivity (Wildman–Crippen MR) is 107 cm³/mol. The van der Waals surface area contributed by atoms with Gasteiger partial charge in [-0.1, -0.05) is 43.0 Å². The zero-order valence-electron chi connectivity index (χ0n) is 15.5. The highest BCUT2D eigenvalue weighted by Gasteiger charge is 2.37. The molecule has 6 nitrogen and oxygen atoms in total. The molecular weight excluding hydrogens is 377 g/mol. The maximum absolute atomic E-state index is 13.4. The molecule has 0 bridgehead atoms. The Morgan fingerprint density at radius 1 is 1.25 bits per heavy atom. The van der Waals surface area contributed by atoms with E-state index in [2.05, 4.69) is 20.9 Å². The summed E-state index contributed by atoms with van der Waals surface area (Å²) < 4.78 is 15.2. The third-order valence-corrected chi connectivity index (χ3v) is 5.81. The molecule has 0 fully saturated rings. The highest BCUT2D eigenvalue weighted by Crippen LogP contribution is 2.37. The van der Waals surface area contributed by atoms with Crippen LogP contribution in [0.3, 0.4) is 0 Å². The Labute approximate surface area is 166 Å². The van der Waals surface area contributed by atoms with Crippen LogP contribution in [0.5, 0.6) is 0 Å². The summed E-state index contributed by atoms with van der Waals surface area (Å²) in [7, 11) is 0. The lowest BCUT2D eigenvalue weighted by atomic mass is 10.0. The van der Waals surface area contributed by atoms with Crippen molar-refractivity contribution < 1.29 is 9.18 Å². The number of benzene rings is 2. The van der Waals surface area contributed by atoms with Crippen molar-refractivity contribution in [2.75, 3.05) is 10.7 Å². The van der Waals surface area contributed by atoms with E-state index in [-0.39, 0.29) is 17.8 Å². The Hall–Kier alpha value is -2.87. The molecule has 0 unspecified atom stereocenters. The molecule has 8 heteroatoms. The average molecular weight is 397 g/mol. The summed E-state index contributed by atoms with van der Waals surface area (Å²) in [6.45, 7) is 3.97. The Kier molecular flexibility index (Phi) is 5.04. The second-order valence-electron chi connectivity index (χ2n) is 6.64. The number of nitrogens with zero attached hydrogens (tertiary/aromatic N) is 3. The van der Waals surface area contributed by atoms with Gasteiger partial charge >= 0.3 is 0 Å². The molecule has 2 N–H and O–H groups in total. The highest BCUT2D eigenvalue weighted by molar-refractivity contribution is 8.00. The third-order valence-electron chi connectivity index (χ3n) is 4.59. The van der Waals surface area contributed by atoms with Crippen LogP contribution in [-0.4, -0.2) is 26.0 Å². The molecule has 0 radical (unpaired) electrons. The van der Waals surface area contributed by atoms with Crippen LogP contribution in [0.25, 0.3) is 0 Å². The number of nitrogens with one attached hydrogen (secondary N) is 2. The lowest BCUT2D eigenvalue weighted by Gasteiger charge is -2.33. The molecule has 0 saturated carbocycles. The first-order valence-electron chi connectivity index (χ1n) is 9.05. The van der Waals surface area contributed by atoms with Gasteiger partial charge in [0.25, 0.3) is 0 Å². The molecule has 0 spiro atoms. The van der Waals surface area contributed by atoms with Gasteiger partial charge in [-0.3, -0.25) is 4.79 Å². The number of rotatable bonds is 4. The second kappa shape index (κ2) is 7.63. The molecule has 1 aliphatic heterocycles. The van der Waals surface area contributed by atoms with Crippen molar-refractivity contribution in [3.63, 3.8) is 0 Å². The summed E-state index contributed by atoms with van der Waals surface area (Å²) in [5.74, 6) is 0.323. The predicted octanol–water partition coefficient (Wildman–Crippen LogP) is 3.69. The maximum Gasteiger partial charge on any atom is 0.240 e. The van der Waals surface area contributed by atoms with E-state index < -0.39 is 5.25 Å². The van der Waals surface area contributed by atoms with Crippen LogP contribution in [0.1, 0.15) is 29.9 Å². The number of hydrogen-bond acceptors (Lipinski definition) is 5. The van der Waals surface area contributed by atoms with Crippen molar-refractivity contribution >= 4 is 23.4 Å². The Morgan fingerprint density at radius 2 is 2.04 bits per heavy atom. The highest BCUT2D eigenvalue weighted by atomic mass is 32.2. The van der Waals surface area contributed by atoms with Gasteiger partial charge in [0.15, 0.2) is 5.82 Å². The Bertz CT molecular complexity index is 1000. The lowest BCUT2D eigenvalue weighted by Crippen LogP contribution is -2.41. The number of aryl methyl sites for hydroxylation is 2. The quantitative estimate of drug-likeness (QED) is 0.703. The van der Waals surface area contributed by atoms with Gasteiger partial charge in [0, 0.05) is 12.1 Å². The minimum Gasteiger partial charge on any atom is -0.325 e. The molecule has 28 heavy (non-hydrogen) atoms. The van der Waals surface area contributed by atoms with Gasteiger partial charge in [0.05, 0.1) is 6.04 Å². The van der Waals surface area contributed by atoms with Gasteiger partial charge in [-0.25, -0.2) is 9.07 Å².